The van der Waals surface area contributed by atoms with Crippen molar-refractivity contribution in [2.24, 2.45) is 0 Å². The summed E-state index contributed by atoms with van der Waals surface area (Å²) < 4.78 is 54.4. The summed E-state index contributed by atoms with van der Waals surface area (Å²) in [6, 6.07) is 11.3. The molecule has 0 saturated heterocycles. The van der Waals surface area contributed by atoms with Crippen molar-refractivity contribution in [1.82, 2.24) is 5.32 Å². The third kappa shape index (κ3) is 6.70. The summed E-state index contributed by atoms with van der Waals surface area (Å²) in [6.45, 7) is -1.21. The van der Waals surface area contributed by atoms with Crippen LogP contribution in [0.25, 0.3) is 0 Å². The SMILES string of the molecule is O=C(NCCc1ccccc1F)Nc1cccc(OCC(F)(F)F)c1. The highest BCUT2D eigenvalue weighted by Crippen LogP contribution is 2.21. The van der Waals surface area contributed by atoms with Gasteiger partial charge in [0.15, 0.2) is 6.61 Å². The zero-order chi connectivity index (χ0) is 18.3. The molecule has 0 fully saturated rings. The van der Waals surface area contributed by atoms with Crippen molar-refractivity contribution in [2.75, 3.05) is 18.5 Å². The Morgan fingerprint density at radius 1 is 1.08 bits per heavy atom. The molecule has 0 bridgehead atoms. The minimum absolute atomic E-state index is 0.0125. The highest BCUT2D eigenvalue weighted by molar-refractivity contribution is 5.89. The van der Waals surface area contributed by atoms with Gasteiger partial charge in [-0.3, -0.25) is 0 Å². The van der Waals surface area contributed by atoms with Gasteiger partial charge in [0.05, 0.1) is 0 Å². The summed E-state index contributed by atoms with van der Waals surface area (Å²) in [7, 11) is 0. The Morgan fingerprint density at radius 3 is 2.56 bits per heavy atom. The van der Waals surface area contributed by atoms with Crippen molar-refractivity contribution in [2.45, 2.75) is 12.6 Å². The molecule has 0 saturated carbocycles. The first-order valence-electron chi connectivity index (χ1n) is 7.41. The number of carbonyl (C=O) groups excluding carboxylic acids is 1. The third-order valence-corrected chi connectivity index (χ3v) is 3.13. The van der Waals surface area contributed by atoms with Gasteiger partial charge in [0, 0.05) is 18.3 Å². The number of ether oxygens (including phenoxy) is 1. The number of anilines is 1. The quantitative estimate of drug-likeness (QED) is 0.765. The highest BCUT2D eigenvalue weighted by Gasteiger charge is 2.28. The van der Waals surface area contributed by atoms with Crippen molar-refractivity contribution in [3.05, 3.63) is 59.9 Å². The number of carbonyl (C=O) groups is 1. The first-order chi connectivity index (χ1) is 11.8. The van der Waals surface area contributed by atoms with Crippen molar-refractivity contribution in [1.29, 1.82) is 0 Å². The van der Waals surface area contributed by atoms with Crippen LogP contribution in [0.1, 0.15) is 5.56 Å². The Labute approximate surface area is 141 Å². The molecule has 4 nitrogen and oxygen atoms in total. The Morgan fingerprint density at radius 2 is 1.84 bits per heavy atom. The zero-order valence-electron chi connectivity index (χ0n) is 13.1. The number of amides is 2. The van der Waals surface area contributed by atoms with Crippen LogP contribution in [0.3, 0.4) is 0 Å². The van der Waals surface area contributed by atoms with E-state index >= 15 is 0 Å². The summed E-state index contributed by atoms with van der Waals surface area (Å²) in [4.78, 5) is 11.8. The summed E-state index contributed by atoms with van der Waals surface area (Å²) in [5, 5.41) is 5.02. The largest absolute Gasteiger partial charge is 0.484 e. The van der Waals surface area contributed by atoms with Crippen LogP contribution in [0.4, 0.5) is 28.0 Å². The van der Waals surface area contributed by atoms with Crippen molar-refractivity contribution in [3.63, 3.8) is 0 Å². The van der Waals surface area contributed by atoms with Gasteiger partial charge in [-0.15, -0.1) is 0 Å². The van der Waals surface area contributed by atoms with Crippen LogP contribution in [-0.2, 0) is 6.42 Å². The predicted molar refractivity (Wildman–Crippen MR) is 85.1 cm³/mol. The standard InChI is InChI=1S/C17H16F4N2O2/c18-15-7-2-1-4-12(15)8-9-22-16(24)23-13-5-3-6-14(10-13)25-11-17(19,20)21/h1-7,10H,8-9,11H2,(H2,22,23,24). The lowest BCUT2D eigenvalue weighted by molar-refractivity contribution is -0.153. The lowest BCUT2D eigenvalue weighted by atomic mass is 10.1. The Balaban J connectivity index is 1.81. The van der Waals surface area contributed by atoms with Crippen LogP contribution in [0.2, 0.25) is 0 Å². The lowest BCUT2D eigenvalue weighted by Gasteiger charge is -2.11. The molecule has 8 heteroatoms. The van der Waals surface area contributed by atoms with Crippen molar-refractivity contribution in [3.8, 4) is 5.75 Å². The van der Waals surface area contributed by atoms with Gasteiger partial charge in [-0.1, -0.05) is 24.3 Å². The molecule has 0 radical (unpaired) electrons. The van der Waals surface area contributed by atoms with E-state index < -0.39 is 18.8 Å². The van der Waals surface area contributed by atoms with Crippen molar-refractivity contribution >= 4 is 11.7 Å². The smallest absolute Gasteiger partial charge is 0.422 e. The maximum absolute atomic E-state index is 13.4. The zero-order valence-corrected chi connectivity index (χ0v) is 13.1. The average molecular weight is 356 g/mol. The topological polar surface area (TPSA) is 50.4 Å². The van der Waals surface area contributed by atoms with E-state index in [0.29, 0.717) is 12.0 Å². The monoisotopic (exact) mass is 356 g/mol. The molecular formula is C17H16F4N2O2. The van der Waals surface area contributed by atoms with Crippen molar-refractivity contribution < 1.29 is 27.1 Å². The molecule has 134 valence electrons. The molecule has 0 unspecified atom stereocenters. The Kier molecular flexibility index (Phi) is 6.21. The van der Waals surface area contributed by atoms with Gasteiger partial charge in [0.25, 0.3) is 0 Å². The van der Waals surface area contributed by atoms with Gasteiger partial charge in [0.1, 0.15) is 11.6 Å². The molecule has 0 heterocycles. The van der Waals surface area contributed by atoms with E-state index in [1.165, 1.54) is 30.3 Å². The van der Waals surface area contributed by atoms with Crippen LogP contribution in [0, 0.1) is 5.82 Å². The van der Waals surface area contributed by atoms with Gasteiger partial charge < -0.3 is 15.4 Å². The van der Waals surface area contributed by atoms with Gasteiger partial charge >= 0.3 is 12.2 Å². The molecule has 2 amide bonds. The second-order valence-electron chi connectivity index (χ2n) is 5.15. The fourth-order valence-electron chi connectivity index (χ4n) is 2.02. The summed E-state index contributed by atoms with van der Waals surface area (Å²) >= 11 is 0. The third-order valence-electron chi connectivity index (χ3n) is 3.13. The highest BCUT2D eigenvalue weighted by atomic mass is 19.4. The van der Waals surface area contributed by atoms with E-state index in [1.54, 1.807) is 18.2 Å². The molecule has 2 N–H and O–H groups in total. The number of hydrogen-bond donors (Lipinski definition) is 2. The summed E-state index contributed by atoms with van der Waals surface area (Å²) in [6.07, 6.45) is -4.12. The number of benzene rings is 2. The minimum Gasteiger partial charge on any atom is -0.484 e. The molecule has 2 aromatic carbocycles. The van der Waals surface area contributed by atoms with Gasteiger partial charge in [-0.05, 0) is 30.2 Å². The van der Waals surface area contributed by atoms with Gasteiger partial charge in [-0.25, -0.2) is 9.18 Å². The molecule has 2 rings (SSSR count). The fraction of sp³-hybridized carbons (Fsp3) is 0.235. The lowest BCUT2D eigenvalue weighted by Crippen LogP contribution is -2.30. The van der Waals surface area contributed by atoms with E-state index in [9.17, 15) is 22.4 Å². The van der Waals surface area contributed by atoms with E-state index in [2.05, 4.69) is 15.4 Å². The van der Waals surface area contributed by atoms with Crippen LogP contribution >= 0.6 is 0 Å². The molecule has 0 aliphatic rings. The first kappa shape index (κ1) is 18.6. The predicted octanol–water partition coefficient (Wildman–Crippen LogP) is 4.13. The van der Waals surface area contributed by atoms with Crippen LogP contribution in [0.5, 0.6) is 5.75 Å². The minimum atomic E-state index is -4.44. The summed E-state index contributed by atoms with van der Waals surface area (Å²) in [5.74, 6) is -0.360. The van der Waals surface area contributed by atoms with Crippen LogP contribution in [-0.4, -0.2) is 25.4 Å². The van der Waals surface area contributed by atoms with Gasteiger partial charge in [0.2, 0.25) is 0 Å². The number of urea groups is 1. The molecule has 2 aromatic rings. The van der Waals surface area contributed by atoms with E-state index in [-0.39, 0.29) is 23.8 Å². The number of alkyl halides is 3. The molecule has 0 aliphatic heterocycles. The van der Waals surface area contributed by atoms with E-state index in [0.717, 1.165) is 0 Å². The molecular weight excluding hydrogens is 340 g/mol. The maximum atomic E-state index is 13.4. The fourth-order valence-corrected chi connectivity index (χ4v) is 2.02. The van der Waals surface area contributed by atoms with Gasteiger partial charge in [-0.2, -0.15) is 13.2 Å². The van der Waals surface area contributed by atoms with Crippen LogP contribution in [0.15, 0.2) is 48.5 Å². The van der Waals surface area contributed by atoms with Crippen LogP contribution < -0.4 is 15.4 Å². The first-order valence-corrected chi connectivity index (χ1v) is 7.41. The second-order valence-corrected chi connectivity index (χ2v) is 5.15. The Bertz CT molecular complexity index is 720. The average Bonchev–Trinajstić information content (AvgIpc) is 2.54. The number of nitrogens with one attached hydrogen (secondary N) is 2. The molecule has 0 aromatic heterocycles. The maximum Gasteiger partial charge on any atom is 0.422 e. The normalized spacial score (nSPS) is 11.0. The number of halogens is 4. The molecule has 0 spiro atoms. The number of hydrogen-bond acceptors (Lipinski definition) is 2. The molecule has 25 heavy (non-hydrogen) atoms. The molecule has 0 atom stereocenters. The Hall–Kier alpha value is -2.77. The number of rotatable bonds is 6. The van der Waals surface area contributed by atoms with E-state index in [4.69, 9.17) is 0 Å². The summed E-state index contributed by atoms with van der Waals surface area (Å²) in [5.41, 5.74) is 0.758. The van der Waals surface area contributed by atoms with E-state index in [1.807, 2.05) is 0 Å². The second kappa shape index (κ2) is 8.36. The molecule has 0 aliphatic carbocycles.